The number of phenols is 1. The Hall–Kier alpha value is -2.66. The van der Waals surface area contributed by atoms with Crippen LogP contribution >= 0.6 is 0 Å². The van der Waals surface area contributed by atoms with Crippen molar-refractivity contribution in [2.45, 2.75) is 76.2 Å². The van der Waals surface area contributed by atoms with Crippen LogP contribution in [-0.4, -0.2) is 63.7 Å². The second-order valence-electron chi connectivity index (χ2n) is 8.09. The smallest absolute Gasteiger partial charge is 0.336 e. The Morgan fingerprint density at radius 2 is 1.79 bits per heavy atom. The number of unbranched alkanes of at least 4 members (excludes halogenated alkanes) is 4. The third-order valence-electron chi connectivity index (χ3n) is 5.51. The molecule has 1 aliphatic rings. The number of rotatable bonds is 10. The second kappa shape index (κ2) is 11.5. The molecule has 0 amide bonds. The molecular formula is C23H30O10. The molecule has 1 aromatic carbocycles. The molecule has 10 nitrogen and oxygen atoms in total. The van der Waals surface area contributed by atoms with Crippen molar-refractivity contribution in [3.05, 3.63) is 34.7 Å². The highest BCUT2D eigenvalue weighted by Crippen LogP contribution is 2.34. The molecule has 0 radical (unpaired) electrons. The van der Waals surface area contributed by atoms with Crippen molar-refractivity contribution in [2.75, 3.05) is 6.61 Å². The average molecular weight is 466 g/mol. The molecule has 3 rings (SSSR count). The molecule has 2 aromatic rings. The topological polar surface area (TPSA) is 156 Å². The lowest BCUT2D eigenvalue weighted by Gasteiger charge is -2.39. The van der Waals surface area contributed by atoms with Crippen molar-refractivity contribution in [3.8, 4) is 11.5 Å². The van der Waals surface area contributed by atoms with E-state index in [9.17, 15) is 30.0 Å². The van der Waals surface area contributed by atoms with Gasteiger partial charge in [-0.3, -0.25) is 4.79 Å². The summed E-state index contributed by atoms with van der Waals surface area (Å²) >= 11 is 0. The minimum atomic E-state index is -1.64. The van der Waals surface area contributed by atoms with Gasteiger partial charge >= 0.3 is 11.6 Å². The highest BCUT2D eigenvalue weighted by molar-refractivity contribution is 5.80. The maximum atomic E-state index is 12.0. The van der Waals surface area contributed by atoms with Crippen LogP contribution in [0.25, 0.3) is 11.0 Å². The van der Waals surface area contributed by atoms with Crippen molar-refractivity contribution in [1.29, 1.82) is 0 Å². The SMILES string of the molecule is CCCCCCCC(=O)OC[C@H]1O[C@H](Oc2cc3ccc(=O)oc3cc2O)[C@H](O)[C@@H](O)[C@@H]1O. The molecule has 0 aliphatic carbocycles. The Labute approximate surface area is 190 Å². The minimum absolute atomic E-state index is 0.105. The molecule has 5 atom stereocenters. The molecule has 1 fully saturated rings. The van der Waals surface area contributed by atoms with Gasteiger partial charge in [-0.2, -0.15) is 0 Å². The number of ether oxygens (including phenoxy) is 3. The number of esters is 1. The number of fused-ring (bicyclic) bond motifs is 1. The predicted octanol–water partition coefficient (Wildman–Crippen LogP) is 1.59. The van der Waals surface area contributed by atoms with E-state index in [1.54, 1.807) is 0 Å². The van der Waals surface area contributed by atoms with Crippen LogP contribution in [0, 0.1) is 0 Å². The monoisotopic (exact) mass is 466 g/mol. The van der Waals surface area contributed by atoms with Gasteiger partial charge in [0.05, 0.1) is 0 Å². The number of aromatic hydroxyl groups is 1. The first-order valence-electron chi connectivity index (χ1n) is 11.1. The van der Waals surface area contributed by atoms with E-state index in [1.165, 1.54) is 24.3 Å². The maximum Gasteiger partial charge on any atom is 0.336 e. The first-order valence-corrected chi connectivity index (χ1v) is 11.1. The fourth-order valence-corrected chi connectivity index (χ4v) is 3.58. The van der Waals surface area contributed by atoms with E-state index in [2.05, 4.69) is 6.92 Å². The van der Waals surface area contributed by atoms with E-state index < -0.39 is 42.3 Å². The summed E-state index contributed by atoms with van der Waals surface area (Å²) in [4.78, 5) is 23.3. The van der Waals surface area contributed by atoms with Gasteiger partial charge in [-0.1, -0.05) is 32.6 Å². The number of aliphatic hydroxyl groups is 3. The Kier molecular flexibility index (Phi) is 8.67. The standard InChI is InChI=1S/C23H30O10/c1-2-3-4-5-6-7-18(25)30-12-17-20(27)21(28)22(29)23(33-17)32-16-10-13-8-9-19(26)31-15(13)11-14(16)24/h8-11,17,20-24,27-29H,2-7,12H2,1H3/t17-,20-,21+,22-,23+/m1/s1. The van der Waals surface area contributed by atoms with E-state index >= 15 is 0 Å². The van der Waals surface area contributed by atoms with Gasteiger partial charge in [0.25, 0.3) is 0 Å². The van der Waals surface area contributed by atoms with Gasteiger partial charge in [-0.15, -0.1) is 0 Å². The zero-order chi connectivity index (χ0) is 24.0. The largest absolute Gasteiger partial charge is 0.504 e. The summed E-state index contributed by atoms with van der Waals surface area (Å²) in [6.07, 6.45) is -2.31. The van der Waals surface area contributed by atoms with Gasteiger partial charge < -0.3 is 39.1 Å². The predicted molar refractivity (Wildman–Crippen MR) is 116 cm³/mol. The zero-order valence-corrected chi connectivity index (χ0v) is 18.4. The Balaban J connectivity index is 1.61. The van der Waals surface area contributed by atoms with Crippen molar-refractivity contribution in [3.63, 3.8) is 0 Å². The Morgan fingerprint density at radius 3 is 2.55 bits per heavy atom. The summed E-state index contributed by atoms with van der Waals surface area (Å²) in [5.74, 6) is -0.944. The molecule has 0 bridgehead atoms. The van der Waals surface area contributed by atoms with Crippen molar-refractivity contribution in [2.24, 2.45) is 0 Å². The summed E-state index contributed by atoms with van der Waals surface area (Å²) in [6.45, 7) is 1.76. The molecule has 10 heteroatoms. The van der Waals surface area contributed by atoms with Crippen LogP contribution in [-0.2, 0) is 14.3 Å². The van der Waals surface area contributed by atoms with Crippen molar-refractivity contribution >= 4 is 16.9 Å². The third-order valence-corrected chi connectivity index (χ3v) is 5.51. The van der Waals surface area contributed by atoms with Crippen LogP contribution in [0.15, 0.2) is 33.5 Å². The molecule has 1 aliphatic heterocycles. The number of carbonyl (C=O) groups excluding carboxylic acids is 1. The van der Waals surface area contributed by atoms with Crippen LogP contribution in [0.1, 0.15) is 45.4 Å². The van der Waals surface area contributed by atoms with Crippen LogP contribution < -0.4 is 10.4 Å². The first-order chi connectivity index (χ1) is 15.8. The lowest BCUT2D eigenvalue weighted by molar-refractivity contribution is -0.278. The Morgan fingerprint density at radius 1 is 1.03 bits per heavy atom. The number of phenolic OH excluding ortho intramolecular Hbond substituents is 1. The van der Waals surface area contributed by atoms with Crippen LogP contribution in [0.4, 0.5) is 0 Å². The maximum absolute atomic E-state index is 12.0. The van der Waals surface area contributed by atoms with Gasteiger partial charge in [-0.05, 0) is 18.6 Å². The number of aliphatic hydroxyl groups excluding tert-OH is 3. The molecule has 1 saturated heterocycles. The summed E-state index contributed by atoms with van der Waals surface area (Å²) in [5.41, 5.74) is -0.454. The van der Waals surface area contributed by atoms with Crippen molar-refractivity contribution in [1.82, 2.24) is 0 Å². The van der Waals surface area contributed by atoms with Gasteiger partial charge in [-0.25, -0.2) is 4.79 Å². The molecule has 0 saturated carbocycles. The molecule has 0 unspecified atom stereocenters. The quantitative estimate of drug-likeness (QED) is 0.230. The van der Waals surface area contributed by atoms with Gasteiger partial charge in [0, 0.05) is 23.9 Å². The summed E-state index contributed by atoms with van der Waals surface area (Å²) in [6, 6.07) is 5.21. The summed E-state index contributed by atoms with van der Waals surface area (Å²) in [5, 5.41) is 41.4. The number of hydrogen-bond donors (Lipinski definition) is 4. The fourth-order valence-electron chi connectivity index (χ4n) is 3.58. The number of carbonyl (C=O) groups is 1. The van der Waals surface area contributed by atoms with Crippen LogP contribution in [0.5, 0.6) is 11.5 Å². The fraction of sp³-hybridized carbons (Fsp3) is 0.565. The molecule has 0 spiro atoms. The zero-order valence-electron chi connectivity index (χ0n) is 18.4. The molecule has 2 heterocycles. The Bertz CT molecular complexity index is 987. The minimum Gasteiger partial charge on any atom is -0.504 e. The van der Waals surface area contributed by atoms with E-state index in [0.717, 1.165) is 25.7 Å². The average Bonchev–Trinajstić information content (AvgIpc) is 2.79. The van der Waals surface area contributed by atoms with Crippen LogP contribution in [0.2, 0.25) is 0 Å². The normalized spacial score (nSPS) is 25.2. The van der Waals surface area contributed by atoms with Crippen molar-refractivity contribution < 1.29 is 43.8 Å². The van der Waals surface area contributed by atoms with E-state index in [4.69, 9.17) is 18.6 Å². The van der Waals surface area contributed by atoms with Gasteiger partial charge in [0.15, 0.2) is 11.5 Å². The van der Waals surface area contributed by atoms with E-state index in [1.807, 2.05) is 0 Å². The third kappa shape index (κ3) is 6.44. The van der Waals surface area contributed by atoms with E-state index in [-0.39, 0.29) is 30.1 Å². The summed E-state index contributed by atoms with van der Waals surface area (Å²) < 4.78 is 21.2. The molecule has 33 heavy (non-hydrogen) atoms. The molecule has 182 valence electrons. The van der Waals surface area contributed by atoms with Gasteiger partial charge in [0.1, 0.15) is 36.6 Å². The lowest BCUT2D eigenvalue weighted by Crippen LogP contribution is -2.60. The molecule has 1 aromatic heterocycles. The highest BCUT2D eigenvalue weighted by atomic mass is 16.7. The molecular weight excluding hydrogens is 436 g/mol. The number of hydrogen-bond acceptors (Lipinski definition) is 10. The highest BCUT2D eigenvalue weighted by Gasteiger charge is 2.45. The second-order valence-corrected chi connectivity index (χ2v) is 8.09. The number of benzene rings is 1. The van der Waals surface area contributed by atoms with Gasteiger partial charge in [0.2, 0.25) is 6.29 Å². The van der Waals surface area contributed by atoms with E-state index in [0.29, 0.717) is 11.8 Å². The lowest BCUT2D eigenvalue weighted by atomic mass is 9.99. The van der Waals surface area contributed by atoms with Crippen LogP contribution in [0.3, 0.4) is 0 Å². The molecule has 4 N–H and O–H groups in total. The first kappa shape index (κ1) is 25.0. The summed E-state index contributed by atoms with van der Waals surface area (Å²) in [7, 11) is 0.